The third-order valence-electron chi connectivity index (χ3n) is 9.23. The Morgan fingerprint density at radius 3 is 2.17 bits per heavy atom. The Balaban J connectivity index is 1.42. The van der Waals surface area contributed by atoms with Crippen LogP contribution in [0.1, 0.15) is 88.3 Å². The van der Waals surface area contributed by atoms with Crippen molar-refractivity contribution in [3.63, 3.8) is 0 Å². The predicted molar refractivity (Wildman–Crippen MR) is 138 cm³/mol. The van der Waals surface area contributed by atoms with Crippen LogP contribution in [0.15, 0.2) is 30.3 Å². The molecule has 0 spiro atoms. The molecule has 0 aromatic heterocycles. The Labute approximate surface area is 229 Å². The Kier molecular flexibility index (Phi) is 8.03. The van der Waals surface area contributed by atoms with Gasteiger partial charge in [-0.05, 0) is 86.3 Å². The van der Waals surface area contributed by atoms with E-state index in [4.69, 9.17) is 4.74 Å². The molecule has 3 fully saturated rings. The molecule has 2 aromatic carbocycles. The quantitative estimate of drug-likeness (QED) is 0.353. The van der Waals surface area contributed by atoms with Gasteiger partial charge >= 0.3 is 18.3 Å². The average Bonchev–Trinajstić information content (AvgIpc) is 2.87. The number of rotatable bonds is 6. The number of carbonyl (C=O) groups is 1. The molecule has 3 aliphatic rings. The lowest BCUT2D eigenvalue weighted by atomic mass is 9.76. The number of hydrogen-bond donors (Lipinski definition) is 1. The van der Waals surface area contributed by atoms with Gasteiger partial charge in [-0.15, -0.1) is 0 Å². The molecule has 10 heteroatoms. The van der Waals surface area contributed by atoms with E-state index in [-0.39, 0.29) is 60.9 Å². The molecule has 1 saturated carbocycles. The molecular weight excluding hydrogens is 536 g/mol. The van der Waals surface area contributed by atoms with Crippen molar-refractivity contribution in [2.45, 2.75) is 108 Å². The minimum atomic E-state index is -4.71. The normalized spacial score (nSPS) is 28.8. The highest BCUT2D eigenvalue weighted by Gasteiger charge is 2.45. The monoisotopic (exact) mass is 571 g/mol. The van der Waals surface area contributed by atoms with Crippen LogP contribution < -0.4 is 4.74 Å². The molecular formula is C30H35F6NO3. The summed E-state index contributed by atoms with van der Waals surface area (Å²) in [7, 11) is 0. The number of carboxylic acid groups (broad SMARTS) is 1. The molecule has 40 heavy (non-hydrogen) atoms. The lowest BCUT2D eigenvalue weighted by molar-refractivity contribution is -0.185. The summed E-state index contributed by atoms with van der Waals surface area (Å²) in [5, 5.41) is 10.0. The molecule has 2 aromatic rings. The second kappa shape index (κ2) is 11.1. The van der Waals surface area contributed by atoms with Crippen LogP contribution in [-0.2, 0) is 11.0 Å². The average molecular weight is 572 g/mol. The standard InChI is InChI=1S/C30H35F6NO3/c1-2-25(37-21-4-3-5-22(37)16-19(15-21)28(38)39)18-6-12-24-17(14-18)7-13-26(27(24)30(34,35)36)40-23-10-8-20(9-11-23)29(31,32)33/h6-7,12-14,19-23,25H,2-5,8-11,15-16H2,1H3,(H,38,39). The Bertz CT molecular complexity index is 1210. The molecule has 2 heterocycles. The summed E-state index contributed by atoms with van der Waals surface area (Å²) in [6.07, 6.45) is -5.15. The number of alkyl halides is 6. The lowest BCUT2D eigenvalue weighted by Crippen LogP contribution is -2.54. The number of ether oxygens (including phenoxy) is 1. The van der Waals surface area contributed by atoms with E-state index in [0.29, 0.717) is 18.2 Å². The first-order valence-corrected chi connectivity index (χ1v) is 14.2. The van der Waals surface area contributed by atoms with Gasteiger partial charge < -0.3 is 9.84 Å². The van der Waals surface area contributed by atoms with Gasteiger partial charge in [0.25, 0.3) is 0 Å². The number of carboxylic acids is 1. The fourth-order valence-corrected chi connectivity index (χ4v) is 7.36. The second-order valence-electron chi connectivity index (χ2n) is 11.7. The molecule has 2 saturated heterocycles. The molecule has 2 bridgehead atoms. The summed E-state index contributed by atoms with van der Waals surface area (Å²) in [5.41, 5.74) is -0.00498. The van der Waals surface area contributed by atoms with Gasteiger partial charge in [0.05, 0.1) is 17.9 Å². The van der Waals surface area contributed by atoms with E-state index in [9.17, 15) is 36.2 Å². The number of benzene rings is 2. The number of fused-ring (bicyclic) bond motifs is 3. The minimum absolute atomic E-state index is 0.00244. The largest absolute Gasteiger partial charge is 0.490 e. The van der Waals surface area contributed by atoms with Crippen molar-refractivity contribution in [3.8, 4) is 5.75 Å². The van der Waals surface area contributed by atoms with Crippen molar-refractivity contribution in [2.24, 2.45) is 11.8 Å². The number of piperidine rings is 2. The van der Waals surface area contributed by atoms with Gasteiger partial charge in [0.2, 0.25) is 0 Å². The van der Waals surface area contributed by atoms with E-state index in [1.165, 1.54) is 12.1 Å². The SMILES string of the molecule is CCC(c1ccc2c(C(F)(F)F)c(OC3CCC(C(F)(F)F)CC3)ccc2c1)N1C2CCCC1CC(C(=O)O)C2. The van der Waals surface area contributed by atoms with Crippen LogP contribution >= 0.6 is 0 Å². The summed E-state index contributed by atoms with van der Waals surface area (Å²) in [5.74, 6) is -2.91. The van der Waals surface area contributed by atoms with Crippen molar-refractivity contribution in [2.75, 3.05) is 0 Å². The highest BCUT2D eigenvalue weighted by Crippen LogP contribution is 2.46. The van der Waals surface area contributed by atoms with E-state index in [2.05, 4.69) is 4.90 Å². The topological polar surface area (TPSA) is 49.8 Å². The zero-order valence-corrected chi connectivity index (χ0v) is 22.4. The van der Waals surface area contributed by atoms with Crippen LogP contribution in [0.4, 0.5) is 26.3 Å². The number of nitrogens with zero attached hydrogens (tertiary/aromatic N) is 1. The van der Waals surface area contributed by atoms with Gasteiger partial charge in [0, 0.05) is 18.1 Å². The maximum atomic E-state index is 14.3. The van der Waals surface area contributed by atoms with Crippen LogP contribution in [0, 0.1) is 11.8 Å². The highest BCUT2D eigenvalue weighted by atomic mass is 19.4. The van der Waals surface area contributed by atoms with Crippen molar-refractivity contribution >= 4 is 16.7 Å². The lowest BCUT2D eigenvalue weighted by Gasteiger charge is -2.51. The van der Waals surface area contributed by atoms with Crippen molar-refractivity contribution < 1.29 is 41.0 Å². The van der Waals surface area contributed by atoms with E-state index < -0.39 is 35.9 Å². The van der Waals surface area contributed by atoms with Crippen molar-refractivity contribution in [1.82, 2.24) is 4.90 Å². The molecule has 0 amide bonds. The minimum Gasteiger partial charge on any atom is -0.490 e. The van der Waals surface area contributed by atoms with Crippen LogP contribution in [0.5, 0.6) is 5.75 Å². The Hall–Kier alpha value is -2.49. The summed E-state index contributed by atoms with van der Waals surface area (Å²) in [6.45, 7) is 2.04. The predicted octanol–water partition coefficient (Wildman–Crippen LogP) is 8.53. The fraction of sp³-hybridized carbons (Fsp3) is 0.633. The Morgan fingerprint density at radius 1 is 0.975 bits per heavy atom. The van der Waals surface area contributed by atoms with Crippen LogP contribution in [0.25, 0.3) is 10.8 Å². The Morgan fingerprint density at radius 2 is 1.62 bits per heavy atom. The third kappa shape index (κ3) is 5.78. The smallest absolute Gasteiger partial charge is 0.420 e. The first-order chi connectivity index (χ1) is 18.9. The van der Waals surface area contributed by atoms with Crippen LogP contribution in [-0.4, -0.2) is 40.3 Å². The molecule has 2 aliphatic heterocycles. The van der Waals surface area contributed by atoms with E-state index >= 15 is 0 Å². The highest BCUT2D eigenvalue weighted by molar-refractivity contribution is 5.89. The molecule has 3 atom stereocenters. The van der Waals surface area contributed by atoms with Gasteiger partial charge in [-0.1, -0.05) is 31.5 Å². The first kappa shape index (κ1) is 29.0. The van der Waals surface area contributed by atoms with Gasteiger partial charge in [0.15, 0.2) is 0 Å². The first-order valence-electron chi connectivity index (χ1n) is 14.2. The summed E-state index contributed by atoms with van der Waals surface area (Å²) in [6, 6.07) is 8.09. The van der Waals surface area contributed by atoms with Crippen LogP contribution in [0.2, 0.25) is 0 Å². The summed E-state index contributed by atoms with van der Waals surface area (Å²) in [4.78, 5) is 14.1. The molecule has 1 aliphatic carbocycles. The second-order valence-corrected chi connectivity index (χ2v) is 11.7. The number of hydrogen-bond acceptors (Lipinski definition) is 3. The molecule has 1 N–H and O–H groups in total. The molecule has 0 radical (unpaired) electrons. The van der Waals surface area contributed by atoms with Gasteiger partial charge in [0.1, 0.15) is 11.3 Å². The van der Waals surface area contributed by atoms with Gasteiger partial charge in [-0.25, -0.2) is 0 Å². The third-order valence-corrected chi connectivity index (χ3v) is 9.23. The zero-order chi connectivity index (χ0) is 28.8. The maximum absolute atomic E-state index is 14.3. The maximum Gasteiger partial charge on any atom is 0.420 e. The van der Waals surface area contributed by atoms with E-state index in [1.807, 2.05) is 6.92 Å². The molecule has 4 nitrogen and oxygen atoms in total. The van der Waals surface area contributed by atoms with Gasteiger partial charge in [-0.2, -0.15) is 26.3 Å². The van der Waals surface area contributed by atoms with Gasteiger partial charge in [-0.3, -0.25) is 9.69 Å². The zero-order valence-electron chi connectivity index (χ0n) is 22.4. The number of aliphatic carboxylic acids is 1. The van der Waals surface area contributed by atoms with Crippen molar-refractivity contribution in [3.05, 3.63) is 41.5 Å². The van der Waals surface area contributed by atoms with E-state index in [0.717, 1.165) is 31.2 Å². The molecule has 3 unspecified atom stereocenters. The summed E-state index contributed by atoms with van der Waals surface area (Å²) < 4.78 is 87.8. The molecule has 5 rings (SSSR count). The molecule has 220 valence electrons. The summed E-state index contributed by atoms with van der Waals surface area (Å²) >= 11 is 0. The van der Waals surface area contributed by atoms with Crippen LogP contribution in [0.3, 0.4) is 0 Å². The van der Waals surface area contributed by atoms with E-state index in [1.54, 1.807) is 18.2 Å². The fourth-order valence-electron chi connectivity index (χ4n) is 7.36. The number of halogens is 6. The van der Waals surface area contributed by atoms with Crippen molar-refractivity contribution in [1.29, 1.82) is 0 Å².